The molecule has 2 unspecified atom stereocenters. The van der Waals surface area contributed by atoms with Gasteiger partial charge in [-0.2, -0.15) is 5.26 Å². The minimum atomic E-state index is -0.932. The second-order valence-corrected chi connectivity index (χ2v) is 9.58. The van der Waals surface area contributed by atoms with Crippen LogP contribution in [0.4, 0.5) is 4.39 Å². The van der Waals surface area contributed by atoms with Gasteiger partial charge in [0.15, 0.2) is 0 Å². The lowest BCUT2D eigenvalue weighted by molar-refractivity contribution is -0.132. The molecule has 8 heteroatoms. The van der Waals surface area contributed by atoms with E-state index in [9.17, 15) is 19.2 Å². The highest BCUT2D eigenvalue weighted by molar-refractivity contribution is 5.91. The van der Waals surface area contributed by atoms with Crippen LogP contribution in [-0.4, -0.2) is 35.8 Å². The molecule has 2 fully saturated rings. The zero-order chi connectivity index (χ0) is 24.6. The maximum atomic E-state index is 14.3. The molecule has 1 aromatic rings. The van der Waals surface area contributed by atoms with Gasteiger partial charge in [-0.15, -0.1) is 0 Å². The number of halogens is 1. The SMILES string of the molecule is CC1=CC(N2CCC(C#N)(C3CC3)C2=O)=CC(C(=O)NCc2cc(F)cc(C3=CNCC=C3)c2)N1. The number of hydrogen-bond donors (Lipinski definition) is 3. The molecule has 35 heavy (non-hydrogen) atoms. The second-order valence-electron chi connectivity index (χ2n) is 9.58. The summed E-state index contributed by atoms with van der Waals surface area (Å²) in [6.07, 6.45) is 11.6. The quantitative estimate of drug-likeness (QED) is 0.590. The number of allylic oxidation sites excluding steroid dienone is 4. The van der Waals surface area contributed by atoms with Crippen LogP contribution in [0.1, 0.15) is 37.3 Å². The van der Waals surface area contributed by atoms with Gasteiger partial charge < -0.3 is 20.9 Å². The van der Waals surface area contributed by atoms with Crippen molar-refractivity contribution in [3.8, 4) is 6.07 Å². The van der Waals surface area contributed by atoms with Crippen LogP contribution in [0.15, 0.2) is 60.1 Å². The molecule has 3 heterocycles. The van der Waals surface area contributed by atoms with Crippen molar-refractivity contribution in [2.75, 3.05) is 13.1 Å². The van der Waals surface area contributed by atoms with Crippen LogP contribution >= 0.6 is 0 Å². The fourth-order valence-electron chi connectivity index (χ4n) is 5.08. The lowest BCUT2D eigenvalue weighted by atomic mass is 9.82. The minimum absolute atomic E-state index is 0.142. The first kappa shape index (κ1) is 22.9. The second kappa shape index (κ2) is 9.06. The number of amides is 2. The summed E-state index contributed by atoms with van der Waals surface area (Å²) in [5, 5.41) is 18.9. The van der Waals surface area contributed by atoms with Crippen molar-refractivity contribution in [1.29, 1.82) is 5.26 Å². The molecule has 2 amide bonds. The Labute approximate surface area is 204 Å². The van der Waals surface area contributed by atoms with E-state index >= 15 is 0 Å². The Morgan fingerprint density at radius 2 is 2.17 bits per heavy atom. The van der Waals surface area contributed by atoms with Crippen molar-refractivity contribution in [2.24, 2.45) is 11.3 Å². The van der Waals surface area contributed by atoms with Gasteiger partial charge >= 0.3 is 0 Å². The normalized spacial score (nSPS) is 25.6. The third-order valence-corrected chi connectivity index (χ3v) is 7.06. The van der Waals surface area contributed by atoms with E-state index in [1.165, 1.54) is 12.1 Å². The minimum Gasteiger partial charge on any atom is -0.387 e. The number of nitrogens with one attached hydrogen (secondary N) is 3. The average Bonchev–Trinajstić information content (AvgIpc) is 3.66. The molecule has 7 nitrogen and oxygen atoms in total. The molecular weight excluding hydrogens is 445 g/mol. The van der Waals surface area contributed by atoms with Crippen molar-refractivity contribution in [1.82, 2.24) is 20.9 Å². The average molecular weight is 474 g/mol. The van der Waals surface area contributed by atoms with Crippen LogP contribution < -0.4 is 16.0 Å². The molecule has 4 aliphatic rings. The highest BCUT2D eigenvalue weighted by atomic mass is 19.1. The maximum Gasteiger partial charge on any atom is 0.247 e. The first-order valence-corrected chi connectivity index (χ1v) is 12.0. The van der Waals surface area contributed by atoms with E-state index in [2.05, 4.69) is 22.0 Å². The van der Waals surface area contributed by atoms with E-state index in [0.717, 1.165) is 36.2 Å². The van der Waals surface area contributed by atoms with E-state index < -0.39 is 11.5 Å². The summed E-state index contributed by atoms with van der Waals surface area (Å²) in [5.41, 5.74) is 2.73. The summed E-state index contributed by atoms with van der Waals surface area (Å²) in [7, 11) is 0. The summed E-state index contributed by atoms with van der Waals surface area (Å²) in [6, 6.07) is 6.35. The van der Waals surface area contributed by atoms with E-state index in [0.29, 0.717) is 24.2 Å². The fourth-order valence-corrected chi connectivity index (χ4v) is 5.08. The van der Waals surface area contributed by atoms with E-state index in [4.69, 9.17) is 0 Å². The summed E-state index contributed by atoms with van der Waals surface area (Å²) < 4.78 is 14.3. The molecule has 180 valence electrons. The first-order valence-electron chi connectivity index (χ1n) is 12.0. The summed E-state index contributed by atoms with van der Waals surface area (Å²) in [4.78, 5) is 27.8. The topological polar surface area (TPSA) is 97.3 Å². The van der Waals surface area contributed by atoms with Crippen molar-refractivity contribution < 1.29 is 14.0 Å². The fraction of sp³-hybridized carbons (Fsp3) is 0.370. The molecule has 3 aliphatic heterocycles. The Balaban J connectivity index is 1.28. The van der Waals surface area contributed by atoms with Gasteiger partial charge in [0, 0.05) is 37.2 Å². The molecule has 0 aromatic heterocycles. The van der Waals surface area contributed by atoms with Gasteiger partial charge in [0.05, 0.1) is 6.07 Å². The summed E-state index contributed by atoms with van der Waals surface area (Å²) >= 11 is 0. The van der Waals surface area contributed by atoms with Crippen LogP contribution in [0, 0.1) is 28.5 Å². The number of hydrogen-bond acceptors (Lipinski definition) is 5. The number of rotatable bonds is 6. The molecule has 1 aromatic carbocycles. The Hall–Kier alpha value is -3.86. The number of nitrogens with zero attached hydrogens (tertiary/aromatic N) is 2. The van der Waals surface area contributed by atoms with Gasteiger partial charge in [0.25, 0.3) is 0 Å². The molecule has 1 saturated carbocycles. The van der Waals surface area contributed by atoms with Crippen LogP contribution in [0.3, 0.4) is 0 Å². The molecule has 0 radical (unpaired) electrons. The van der Waals surface area contributed by atoms with Gasteiger partial charge in [-0.3, -0.25) is 9.59 Å². The third-order valence-electron chi connectivity index (χ3n) is 7.06. The van der Waals surface area contributed by atoms with Crippen molar-refractivity contribution >= 4 is 17.4 Å². The van der Waals surface area contributed by atoms with Crippen molar-refractivity contribution in [2.45, 2.75) is 38.8 Å². The van der Waals surface area contributed by atoms with Gasteiger partial charge in [-0.25, -0.2) is 4.39 Å². The molecule has 0 bridgehead atoms. The monoisotopic (exact) mass is 473 g/mol. The zero-order valence-corrected chi connectivity index (χ0v) is 19.6. The Kier molecular flexibility index (Phi) is 5.93. The summed E-state index contributed by atoms with van der Waals surface area (Å²) in [6.45, 7) is 3.21. The Morgan fingerprint density at radius 3 is 2.89 bits per heavy atom. The lowest BCUT2D eigenvalue weighted by Crippen LogP contribution is -2.45. The van der Waals surface area contributed by atoms with Gasteiger partial charge in [-0.05, 0) is 79.2 Å². The van der Waals surface area contributed by atoms with Crippen LogP contribution in [0.25, 0.3) is 5.57 Å². The predicted molar refractivity (Wildman–Crippen MR) is 129 cm³/mol. The maximum absolute atomic E-state index is 14.3. The van der Waals surface area contributed by atoms with Crippen LogP contribution in [0.2, 0.25) is 0 Å². The largest absolute Gasteiger partial charge is 0.387 e. The van der Waals surface area contributed by atoms with Crippen LogP contribution in [-0.2, 0) is 16.1 Å². The number of carbonyl (C=O) groups is 2. The highest BCUT2D eigenvalue weighted by Crippen LogP contribution is 2.52. The number of carbonyl (C=O) groups excluding carboxylic acids is 2. The lowest BCUT2D eigenvalue weighted by Gasteiger charge is -2.27. The Morgan fingerprint density at radius 1 is 1.34 bits per heavy atom. The number of nitriles is 1. The standard InChI is InChI=1S/C27H28FN5O2/c1-17-9-23(33-8-6-27(16-29,26(33)35)21-4-5-21)13-24(32-17)25(34)31-14-18-10-20(12-22(28)11-18)19-3-2-7-30-15-19/h2-3,9-13,15,21,24,30,32H,4-8,14H2,1H3,(H,31,34). The number of likely N-dealkylation sites (tertiary alicyclic amines) is 1. The molecule has 1 saturated heterocycles. The van der Waals surface area contributed by atoms with E-state index in [-0.39, 0.29) is 30.1 Å². The zero-order valence-electron chi connectivity index (χ0n) is 19.6. The van der Waals surface area contributed by atoms with Crippen molar-refractivity contribution in [3.05, 3.63) is 77.0 Å². The highest BCUT2D eigenvalue weighted by Gasteiger charge is 2.57. The molecule has 5 rings (SSSR count). The van der Waals surface area contributed by atoms with Crippen LogP contribution in [0.5, 0.6) is 0 Å². The number of dihydropyridines is 2. The summed E-state index contributed by atoms with van der Waals surface area (Å²) in [5.74, 6) is -0.665. The Bertz CT molecular complexity index is 1240. The van der Waals surface area contributed by atoms with E-state index in [1.807, 2.05) is 37.4 Å². The molecule has 3 N–H and O–H groups in total. The van der Waals surface area contributed by atoms with Gasteiger partial charge in [0.1, 0.15) is 17.3 Å². The predicted octanol–water partition coefficient (Wildman–Crippen LogP) is 2.85. The van der Waals surface area contributed by atoms with Gasteiger partial charge in [0.2, 0.25) is 11.8 Å². The first-order chi connectivity index (χ1) is 16.9. The third kappa shape index (κ3) is 4.46. The molecule has 2 atom stereocenters. The molecular formula is C27H28FN5O2. The van der Waals surface area contributed by atoms with E-state index in [1.54, 1.807) is 11.0 Å². The number of benzene rings is 1. The van der Waals surface area contributed by atoms with Gasteiger partial charge in [-0.1, -0.05) is 12.2 Å². The van der Waals surface area contributed by atoms with Crippen molar-refractivity contribution in [3.63, 3.8) is 0 Å². The smallest absolute Gasteiger partial charge is 0.247 e. The molecule has 1 aliphatic carbocycles. The molecule has 0 spiro atoms.